The smallest absolute Gasteiger partial charge is 0.261 e. The molecule has 0 radical (unpaired) electrons. The van der Waals surface area contributed by atoms with Gasteiger partial charge in [0.25, 0.3) is 15.0 Å². The predicted molar refractivity (Wildman–Crippen MR) is 78.3 cm³/mol. The molecule has 1 aliphatic carbocycles. The number of rotatable bonds is 3. The largest absolute Gasteiger partial charge is 0.349 e. The van der Waals surface area contributed by atoms with Gasteiger partial charge in [0.05, 0.1) is 10.5 Å². The molecule has 0 bridgehead atoms. The Hall–Kier alpha value is -1.14. The molecule has 1 amide bonds. The average Bonchev–Trinajstić information content (AvgIpc) is 2.67. The van der Waals surface area contributed by atoms with Gasteiger partial charge in [-0.15, -0.1) is 0 Å². The molecular weight excluding hydrogens is 317 g/mol. The highest BCUT2D eigenvalue weighted by Crippen LogP contribution is 2.37. The van der Waals surface area contributed by atoms with Crippen LogP contribution in [0.25, 0.3) is 0 Å². The minimum absolute atomic E-state index is 0.0248. The van der Waals surface area contributed by atoms with Gasteiger partial charge in [-0.3, -0.25) is 4.79 Å². The van der Waals surface area contributed by atoms with Crippen LogP contribution in [0.5, 0.6) is 0 Å². The molecule has 0 aliphatic heterocycles. The number of benzene rings is 1. The number of halogens is 2. The molecule has 7 heteroatoms. The van der Waals surface area contributed by atoms with Crippen molar-refractivity contribution in [2.24, 2.45) is 5.41 Å². The van der Waals surface area contributed by atoms with Gasteiger partial charge in [0.1, 0.15) is 5.82 Å². The molecule has 0 heterocycles. The standard InChI is InChI=1S/C14H17ClFNO3S/c1-14(2)6-5-9(8-14)17-13(18)11-7-10(21(15,19)20)3-4-12(11)16/h3-4,7,9H,5-6,8H2,1-2H3,(H,17,18). The summed E-state index contributed by atoms with van der Waals surface area (Å²) in [6.07, 6.45) is 2.62. The molecule has 1 aliphatic rings. The van der Waals surface area contributed by atoms with Gasteiger partial charge in [-0.2, -0.15) is 0 Å². The monoisotopic (exact) mass is 333 g/mol. The molecule has 116 valence electrons. The van der Waals surface area contributed by atoms with E-state index in [2.05, 4.69) is 19.2 Å². The summed E-state index contributed by atoms with van der Waals surface area (Å²) >= 11 is 0. The second-order valence-corrected chi connectivity index (χ2v) is 8.72. The zero-order valence-electron chi connectivity index (χ0n) is 11.8. The van der Waals surface area contributed by atoms with E-state index >= 15 is 0 Å². The van der Waals surface area contributed by atoms with Crippen LogP contribution >= 0.6 is 10.7 Å². The zero-order valence-corrected chi connectivity index (χ0v) is 13.4. The molecule has 0 spiro atoms. The molecule has 1 unspecified atom stereocenters. The normalized spacial score (nSPS) is 21.2. The second kappa shape index (κ2) is 5.57. The third kappa shape index (κ3) is 3.95. The lowest BCUT2D eigenvalue weighted by atomic mass is 9.92. The zero-order chi connectivity index (χ0) is 15.8. The van der Waals surface area contributed by atoms with E-state index in [1.807, 2.05) is 0 Å². The Morgan fingerprint density at radius 1 is 1.43 bits per heavy atom. The molecule has 1 fully saturated rings. The first-order valence-electron chi connectivity index (χ1n) is 6.64. The van der Waals surface area contributed by atoms with Gasteiger partial charge in [-0.25, -0.2) is 12.8 Å². The van der Waals surface area contributed by atoms with E-state index in [0.717, 1.165) is 37.5 Å². The van der Waals surface area contributed by atoms with E-state index in [1.165, 1.54) is 0 Å². The van der Waals surface area contributed by atoms with Gasteiger partial charge in [-0.1, -0.05) is 13.8 Å². The van der Waals surface area contributed by atoms with Crippen LogP contribution < -0.4 is 5.32 Å². The first-order chi connectivity index (χ1) is 9.58. The highest BCUT2D eigenvalue weighted by atomic mass is 35.7. The van der Waals surface area contributed by atoms with Crippen LogP contribution in [0.15, 0.2) is 23.1 Å². The number of carbonyl (C=O) groups is 1. The van der Waals surface area contributed by atoms with Crippen LogP contribution in [0, 0.1) is 11.2 Å². The van der Waals surface area contributed by atoms with Crippen molar-refractivity contribution >= 4 is 25.6 Å². The van der Waals surface area contributed by atoms with Crippen molar-refractivity contribution in [3.63, 3.8) is 0 Å². The lowest BCUT2D eigenvalue weighted by Crippen LogP contribution is -2.34. The summed E-state index contributed by atoms with van der Waals surface area (Å²) in [4.78, 5) is 11.8. The maximum atomic E-state index is 13.7. The van der Waals surface area contributed by atoms with Crippen molar-refractivity contribution in [1.82, 2.24) is 5.32 Å². The molecule has 1 saturated carbocycles. The first-order valence-corrected chi connectivity index (χ1v) is 8.94. The predicted octanol–water partition coefficient (Wildman–Crippen LogP) is 3.06. The Labute approximate surface area is 128 Å². The number of amides is 1. The minimum atomic E-state index is -4.00. The van der Waals surface area contributed by atoms with Crippen LogP contribution in [0.2, 0.25) is 0 Å². The Bertz CT molecular complexity index is 673. The summed E-state index contributed by atoms with van der Waals surface area (Å²) in [5.74, 6) is -1.38. The summed E-state index contributed by atoms with van der Waals surface area (Å²) in [5.41, 5.74) is -0.154. The van der Waals surface area contributed by atoms with Crippen LogP contribution in [-0.2, 0) is 9.05 Å². The SMILES string of the molecule is CC1(C)CCC(NC(=O)c2cc(S(=O)(=O)Cl)ccc2F)C1. The van der Waals surface area contributed by atoms with Crippen molar-refractivity contribution in [2.45, 2.75) is 44.0 Å². The maximum Gasteiger partial charge on any atom is 0.261 e. The Morgan fingerprint density at radius 2 is 2.10 bits per heavy atom. The first kappa shape index (κ1) is 16.2. The topological polar surface area (TPSA) is 63.2 Å². The molecular formula is C14H17ClFNO3S. The molecule has 0 aromatic heterocycles. The summed E-state index contributed by atoms with van der Waals surface area (Å²) in [6.45, 7) is 4.22. The lowest BCUT2D eigenvalue weighted by Gasteiger charge is -2.18. The fraction of sp³-hybridized carbons (Fsp3) is 0.500. The lowest BCUT2D eigenvalue weighted by molar-refractivity contribution is 0.0931. The van der Waals surface area contributed by atoms with Gasteiger partial charge in [0.2, 0.25) is 0 Å². The van der Waals surface area contributed by atoms with E-state index in [9.17, 15) is 17.6 Å². The van der Waals surface area contributed by atoms with E-state index in [1.54, 1.807) is 0 Å². The van der Waals surface area contributed by atoms with Crippen LogP contribution in [0.1, 0.15) is 43.5 Å². The van der Waals surface area contributed by atoms with Crippen LogP contribution in [0.3, 0.4) is 0 Å². The Morgan fingerprint density at radius 3 is 2.62 bits per heavy atom. The van der Waals surface area contributed by atoms with Gasteiger partial charge < -0.3 is 5.32 Å². The molecule has 2 rings (SSSR count). The minimum Gasteiger partial charge on any atom is -0.349 e. The van der Waals surface area contributed by atoms with Crippen molar-refractivity contribution in [3.05, 3.63) is 29.6 Å². The highest BCUT2D eigenvalue weighted by molar-refractivity contribution is 8.13. The average molecular weight is 334 g/mol. The number of hydrogen-bond acceptors (Lipinski definition) is 3. The van der Waals surface area contributed by atoms with Gasteiger partial charge >= 0.3 is 0 Å². The summed E-state index contributed by atoms with van der Waals surface area (Å²) in [5, 5.41) is 2.75. The van der Waals surface area contributed by atoms with E-state index in [0.29, 0.717) is 0 Å². The van der Waals surface area contributed by atoms with E-state index in [4.69, 9.17) is 10.7 Å². The fourth-order valence-corrected chi connectivity index (χ4v) is 3.43. The Balaban J connectivity index is 2.20. The molecule has 1 N–H and O–H groups in total. The number of carbonyl (C=O) groups excluding carboxylic acids is 1. The molecule has 1 aromatic rings. The molecule has 1 atom stereocenters. The molecule has 21 heavy (non-hydrogen) atoms. The molecule has 0 saturated heterocycles. The molecule has 1 aromatic carbocycles. The van der Waals surface area contributed by atoms with Gasteiger partial charge in [0.15, 0.2) is 0 Å². The van der Waals surface area contributed by atoms with Gasteiger partial charge in [-0.05, 0) is 42.9 Å². The van der Waals surface area contributed by atoms with E-state index in [-0.39, 0.29) is 21.9 Å². The third-order valence-electron chi connectivity index (χ3n) is 3.77. The van der Waals surface area contributed by atoms with Gasteiger partial charge in [0, 0.05) is 16.7 Å². The second-order valence-electron chi connectivity index (χ2n) is 6.16. The van der Waals surface area contributed by atoms with Crippen molar-refractivity contribution < 1.29 is 17.6 Å². The van der Waals surface area contributed by atoms with Crippen LogP contribution in [0.4, 0.5) is 4.39 Å². The molecule has 4 nitrogen and oxygen atoms in total. The highest BCUT2D eigenvalue weighted by Gasteiger charge is 2.32. The summed E-state index contributed by atoms with van der Waals surface area (Å²) in [6, 6.07) is 2.91. The quantitative estimate of drug-likeness (QED) is 0.865. The number of hydrogen-bond donors (Lipinski definition) is 1. The summed E-state index contributed by atoms with van der Waals surface area (Å²) in [7, 11) is 1.22. The van der Waals surface area contributed by atoms with Crippen LogP contribution in [-0.4, -0.2) is 20.4 Å². The third-order valence-corrected chi connectivity index (χ3v) is 5.12. The number of nitrogens with one attached hydrogen (secondary N) is 1. The van der Waals surface area contributed by atoms with Crippen molar-refractivity contribution in [3.8, 4) is 0 Å². The Kier molecular flexibility index (Phi) is 4.31. The van der Waals surface area contributed by atoms with Crippen molar-refractivity contribution in [2.75, 3.05) is 0 Å². The fourth-order valence-electron chi connectivity index (χ4n) is 2.65. The van der Waals surface area contributed by atoms with Crippen molar-refractivity contribution in [1.29, 1.82) is 0 Å². The van der Waals surface area contributed by atoms with E-state index < -0.39 is 20.8 Å². The summed E-state index contributed by atoms with van der Waals surface area (Å²) < 4.78 is 36.3. The maximum absolute atomic E-state index is 13.7.